The van der Waals surface area contributed by atoms with Crippen LogP contribution >= 0.6 is 0 Å². The number of hydrogen-bond donors (Lipinski definition) is 2. The van der Waals surface area contributed by atoms with Crippen LogP contribution in [0.25, 0.3) is 0 Å². The Kier molecular flexibility index (Phi) is 7.67. The lowest BCUT2D eigenvalue weighted by Gasteiger charge is -2.12. The molecule has 144 valence electrons. The highest BCUT2D eigenvalue weighted by Gasteiger charge is 2.09. The van der Waals surface area contributed by atoms with Crippen LogP contribution in [-0.4, -0.2) is 25.0 Å². The summed E-state index contributed by atoms with van der Waals surface area (Å²) in [6, 6.07) is 13.4. The Bertz CT molecular complexity index is 790. The summed E-state index contributed by atoms with van der Waals surface area (Å²) in [6.07, 6.45) is 0.763. The number of carbonyl (C=O) groups excluding carboxylic acids is 2. The minimum absolute atomic E-state index is 0.169. The van der Waals surface area contributed by atoms with Gasteiger partial charge in [-0.1, -0.05) is 30.3 Å². The van der Waals surface area contributed by atoms with Gasteiger partial charge in [-0.3, -0.25) is 20.4 Å². The largest absolute Gasteiger partial charge is 0.494 e. The maximum atomic E-state index is 12.0. The first-order valence-electron chi connectivity index (χ1n) is 8.98. The predicted molar refractivity (Wildman–Crippen MR) is 104 cm³/mol. The molecule has 0 bridgehead atoms. The molecule has 27 heavy (non-hydrogen) atoms. The lowest BCUT2D eigenvalue weighted by Crippen LogP contribution is -2.43. The Hall–Kier alpha value is -3.02. The van der Waals surface area contributed by atoms with Crippen LogP contribution in [0.2, 0.25) is 0 Å². The normalized spacial score (nSPS) is 10.2. The molecule has 0 spiro atoms. The van der Waals surface area contributed by atoms with E-state index < -0.39 is 5.91 Å². The van der Waals surface area contributed by atoms with E-state index in [1.165, 1.54) is 0 Å². The van der Waals surface area contributed by atoms with Crippen molar-refractivity contribution in [2.24, 2.45) is 0 Å². The van der Waals surface area contributed by atoms with Gasteiger partial charge in [0.1, 0.15) is 11.5 Å². The quantitative estimate of drug-likeness (QED) is 0.701. The Labute approximate surface area is 159 Å². The molecule has 0 heterocycles. The topological polar surface area (TPSA) is 76.7 Å². The number of carbonyl (C=O) groups is 2. The van der Waals surface area contributed by atoms with Gasteiger partial charge in [-0.05, 0) is 56.0 Å². The van der Waals surface area contributed by atoms with Gasteiger partial charge in [-0.15, -0.1) is 0 Å². The van der Waals surface area contributed by atoms with E-state index in [-0.39, 0.29) is 18.9 Å². The fraction of sp³-hybridized carbons (Fsp3) is 0.333. The van der Waals surface area contributed by atoms with E-state index in [9.17, 15) is 9.59 Å². The maximum Gasteiger partial charge on any atom is 0.276 e. The van der Waals surface area contributed by atoms with Crippen molar-refractivity contribution in [3.8, 4) is 11.5 Å². The summed E-state index contributed by atoms with van der Waals surface area (Å²) in [5.41, 5.74) is 7.73. The number of para-hydroxylation sites is 1. The summed E-state index contributed by atoms with van der Waals surface area (Å²) < 4.78 is 11.0. The zero-order valence-corrected chi connectivity index (χ0v) is 16.0. The van der Waals surface area contributed by atoms with Crippen molar-refractivity contribution in [3.05, 3.63) is 59.2 Å². The number of aryl methyl sites for hydroxylation is 3. The van der Waals surface area contributed by atoms with Crippen LogP contribution in [0.15, 0.2) is 42.5 Å². The maximum absolute atomic E-state index is 12.0. The Morgan fingerprint density at radius 1 is 0.926 bits per heavy atom. The van der Waals surface area contributed by atoms with Crippen LogP contribution in [0.3, 0.4) is 0 Å². The van der Waals surface area contributed by atoms with Crippen LogP contribution in [0.1, 0.15) is 30.0 Å². The second-order valence-corrected chi connectivity index (χ2v) is 6.19. The summed E-state index contributed by atoms with van der Waals surface area (Å²) in [6.45, 7) is 6.18. The van der Waals surface area contributed by atoms with E-state index in [0.29, 0.717) is 18.8 Å². The highest BCUT2D eigenvalue weighted by atomic mass is 16.5. The summed E-state index contributed by atoms with van der Waals surface area (Å²) in [5.74, 6) is 0.739. The van der Waals surface area contributed by atoms with Crippen molar-refractivity contribution in [3.63, 3.8) is 0 Å². The molecule has 0 fully saturated rings. The number of ether oxygens (including phenoxy) is 2. The van der Waals surface area contributed by atoms with Crippen LogP contribution in [0, 0.1) is 13.8 Å². The highest BCUT2D eigenvalue weighted by Crippen LogP contribution is 2.20. The monoisotopic (exact) mass is 370 g/mol. The zero-order valence-electron chi connectivity index (χ0n) is 16.0. The predicted octanol–water partition coefficient (Wildman–Crippen LogP) is 2.86. The van der Waals surface area contributed by atoms with Crippen molar-refractivity contribution < 1.29 is 19.1 Å². The molecule has 0 unspecified atom stereocenters. The summed E-state index contributed by atoms with van der Waals surface area (Å²) in [7, 11) is 0. The van der Waals surface area contributed by atoms with Crippen molar-refractivity contribution in [2.75, 3.05) is 13.2 Å². The van der Waals surface area contributed by atoms with Gasteiger partial charge >= 0.3 is 0 Å². The van der Waals surface area contributed by atoms with Gasteiger partial charge in [0, 0.05) is 6.42 Å². The highest BCUT2D eigenvalue weighted by molar-refractivity contribution is 5.82. The molecule has 6 heteroatoms. The number of amides is 2. The van der Waals surface area contributed by atoms with E-state index in [1.807, 2.05) is 63.2 Å². The van der Waals surface area contributed by atoms with Crippen LogP contribution < -0.4 is 20.3 Å². The van der Waals surface area contributed by atoms with Crippen molar-refractivity contribution in [1.29, 1.82) is 0 Å². The van der Waals surface area contributed by atoms with Crippen molar-refractivity contribution in [1.82, 2.24) is 10.9 Å². The standard InChI is InChI=1S/C21H26N2O4/c1-4-26-18-8-6-5-7-17(18)11-12-20(24)22-23-21(25)14-27-19-13-15(2)9-10-16(19)3/h5-10,13H,4,11-12,14H2,1-3H3,(H,22,24)(H,23,25). The molecule has 0 saturated heterocycles. The third kappa shape index (κ3) is 6.66. The first-order chi connectivity index (χ1) is 13.0. The summed E-state index contributed by atoms with van der Waals surface area (Å²) in [4.78, 5) is 23.8. The minimum atomic E-state index is -0.418. The first-order valence-corrected chi connectivity index (χ1v) is 8.98. The Morgan fingerprint density at radius 2 is 1.67 bits per heavy atom. The van der Waals surface area contributed by atoms with E-state index in [1.54, 1.807) is 0 Å². The van der Waals surface area contributed by atoms with Gasteiger partial charge in [-0.2, -0.15) is 0 Å². The van der Waals surface area contributed by atoms with Crippen molar-refractivity contribution >= 4 is 11.8 Å². The second kappa shape index (κ2) is 10.2. The van der Waals surface area contributed by atoms with E-state index in [0.717, 1.165) is 22.4 Å². The van der Waals surface area contributed by atoms with Crippen molar-refractivity contribution in [2.45, 2.75) is 33.6 Å². The minimum Gasteiger partial charge on any atom is -0.494 e. The lowest BCUT2D eigenvalue weighted by molar-refractivity contribution is -0.130. The molecule has 0 aromatic heterocycles. The molecule has 0 radical (unpaired) electrons. The van der Waals surface area contributed by atoms with Crippen LogP contribution in [0.4, 0.5) is 0 Å². The molecule has 2 aromatic rings. The summed E-state index contributed by atoms with van der Waals surface area (Å²) >= 11 is 0. The van der Waals surface area contributed by atoms with Gasteiger partial charge in [0.25, 0.3) is 5.91 Å². The molecular weight excluding hydrogens is 344 g/mol. The average molecular weight is 370 g/mol. The molecule has 0 atom stereocenters. The van der Waals surface area contributed by atoms with E-state index in [2.05, 4.69) is 10.9 Å². The Morgan fingerprint density at radius 3 is 2.44 bits per heavy atom. The van der Waals surface area contributed by atoms with Gasteiger partial charge < -0.3 is 9.47 Å². The number of rotatable bonds is 8. The molecule has 0 aliphatic carbocycles. The second-order valence-electron chi connectivity index (χ2n) is 6.19. The SMILES string of the molecule is CCOc1ccccc1CCC(=O)NNC(=O)COc1cc(C)ccc1C. The molecule has 6 nitrogen and oxygen atoms in total. The number of nitrogens with one attached hydrogen (secondary N) is 2. The van der Waals surface area contributed by atoms with Crippen LogP contribution in [-0.2, 0) is 16.0 Å². The van der Waals surface area contributed by atoms with Gasteiger partial charge in [0.15, 0.2) is 6.61 Å². The molecular formula is C21H26N2O4. The molecule has 2 amide bonds. The van der Waals surface area contributed by atoms with E-state index >= 15 is 0 Å². The van der Waals surface area contributed by atoms with Gasteiger partial charge in [-0.25, -0.2) is 0 Å². The molecule has 2 N–H and O–H groups in total. The first kappa shape index (κ1) is 20.3. The third-order valence-electron chi connectivity index (χ3n) is 3.94. The fourth-order valence-electron chi connectivity index (χ4n) is 2.50. The zero-order chi connectivity index (χ0) is 19.6. The average Bonchev–Trinajstić information content (AvgIpc) is 2.66. The lowest BCUT2D eigenvalue weighted by atomic mass is 10.1. The van der Waals surface area contributed by atoms with Gasteiger partial charge in [0.05, 0.1) is 6.61 Å². The third-order valence-corrected chi connectivity index (χ3v) is 3.94. The Balaban J connectivity index is 1.73. The smallest absolute Gasteiger partial charge is 0.276 e. The molecule has 0 aliphatic rings. The number of hydrazine groups is 1. The number of benzene rings is 2. The molecule has 0 aliphatic heterocycles. The van der Waals surface area contributed by atoms with Gasteiger partial charge in [0.2, 0.25) is 5.91 Å². The molecule has 0 saturated carbocycles. The summed E-state index contributed by atoms with van der Waals surface area (Å²) in [5, 5.41) is 0. The molecule has 2 rings (SSSR count). The molecule has 2 aromatic carbocycles. The van der Waals surface area contributed by atoms with E-state index in [4.69, 9.17) is 9.47 Å². The van der Waals surface area contributed by atoms with Crippen LogP contribution in [0.5, 0.6) is 11.5 Å². The fourth-order valence-corrected chi connectivity index (χ4v) is 2.50. The number of hydrogen-bond acceptors (Lipinski definition) is 4.